The summed E-state index contributed by atoms with van der Waals surface area (Å²) in [5.74, 6) is -0.00365. The number of hydrogen-bond donors (Lipinski definition) is 1. The van der Waals surface area contributed by atoms with Gasteiger partial charge in [-0.15, -0.1) is 10.2 Å². The van der Waals surface area contributed by atoms with Crippen LogP contribution in [0.25, 0.3) is 11.5 Å². The Bertz CT molecular complexity index is 811. The van der Waals surface area contributed by atoms with Gasteiger partial charge in [-0.25, -0.2) is 9.98 Å². The first-order chi connectivity index (χ1) is 10.7. The quantitative estimate of drug-likeness (QED) is 0.732. The van der Waals surface area contributed by atoms with Gasteiger partial charge in [0, 0.05) is 10.6 Å². The van der Waals surface area contributed by atoms with Gasteiger partial charge in [0.05, 0.1) is 6.21 Å². The molecule has 3 aromatic rings. The summed E-state index contributed by atoms with van der Waals surface area (Å²) in [5.41, 5.74) is 0.946. The number of aromatic hydroxyl groups is 1. The van der Waals surface area contributed by atoms with E-state index < -0.39 is 0 Å². The SMILES string of the molecule is CCc1nnc(/N=C/c2nc(-c3ccc(Cl)cc3)oc2O)s1. The second kappa shape index (κ2) is 6.25. The topological polar surface area (TPSA) is 84.4 Å². The van der Waals surface area contributed by atoms with Gasteiger partial charge in [0.2, 0.25) is 11.0 Å². The lowest BCUT2D eigenvalue weighted by Gasteiger charge is -1.93. The van der Waals surface area contributed by atoms with Crippen LogP contribution in [0, 0.1) is 0 Å². The third-order valence-corrected chi connectivity index (χ3v) is 4.01. The van der Waals surface area contributed by atoms with Crippen LogP contribution in [-0.2, 0) is 6.42 Å². The molecule has 0 aliphatic heterocycles. The molecule has 0 saturated heterocycles. The highest BCUT2D eigenvalue weighted by Crippen LogP contribution is 2.27. The van der Waals surface area contributed by atoms with Crippen molar-refractivity contribution < 1.29 is 9.52 Å². The second-order valence-electron chi connectivity index (χ2n) is 4.31. The minimum Gasteiger partial charge on any atom is -0.479 e. The molecule has 1 N–H and O–H groups in total. The smallest absolute Gasteiger partial charge is 0.312 e. The van der Waals surface area contributed by atoms with Crippen LogP contribution < -0.4 is 0 Å². The zero-order valence-corrected chi connectivity index (χ0v) is 13.1. The first-order valence-corrected chi connectivity index (χ1v) is 7.67. The van der Waals surface area contributed by atoms with E-state index in [2.05, 4.69) is 20.2 Å². The number of oxazole rings is 1. The Labute approximate surface area is 135 Å². The first kappa shape index (κ1) is 14.7. The predicted molar refractivity (Wildman–Crippen MR) is 85.2 cm³/mol. The molecule has 0 fully saturated rings. The van der Waals surface area contributed by atoms with E-state index >= 15 is 0 Å². The van der Waals surface area contributed by atoms with Crippen molar-refractivity contribution in [1.29, 1.82) is 0 Å². The number of aromatic nitrogens is 3. The van der Waals surface area contributed by atoms with Gasteiger partial charge in [-0.1, -0.05) is 29.9 Å². The van der Waals surface area contributed by atoms with Crippen LogP contribution in [-0.4, -0.2) is 26.5 Å². The number of nitrogens with zero attached hydrogens (tertiary/aromatic N) is 4. The van der Waals surface area contributed by atoms with Gasteiger partial charge in [-0.2, -0.15) is 0 Å². The molecule has 8 heteroatoms. The Morgan fingerprint density at radius 3 is 2.77 bits per heavy atom. The molecule has 0 aliphatic carbocycles. The van der Waals surface area contributed by atoms with Crippen molar-refractivity contribution in [1.82, 2.24) is 15.2 Å². The normalized spacial score (nSPS) is 11.4. The van der Waals surface area contributed by atoms with Crippen molar-refractivity contribution >= 4 is 34.3 Å². The van der Waals surface area contributed by atoms with Crippen molar-refractivity contribution in [2.75, 3.05) is 0 Å². The molecular formula is C14H11ClN4O2S. The van der Waals surface area contributed by atoms with Crippen LogP contribution in [0.4, 0.5) is 5.13 Å². The zero-order valence-electron chi connectivity index (χ0n) is 11.5. The van der Waals surface area contributed by atoms with Gasteiger partial charge < -0.3 is 9.52 Å². The number of benzene rings is 1. The van der Waals surface area contributed by atoms with E-state index in [9.17, 15) is 5.11 Å². The van der Waals surface area contributed by atoms with Gasteiger partial charge in [0.15, 0.2) is 5.69 Å². The summed E-state index contributed by atoms with van der Waals surface area (Å²) in [6.45, 7) is 2.00. The Morgan fingerprint density at radius 1 is 1.32 bits per heavy atom. The van der Waals surface area contributed by atoms with Crippen molar-refractivity contribution in [3.63, 3.8) is 0 Å². The summed E-state index contributed by atoms with van der Waals surface area (Å²) in [6.07, 6.45) is 2.21. The van der Waals surface area contributed by atoms with Crippen molar-refractivity contribution in [2.24, 2.45) is 4.99 Å². The molecule has 2 aromatic heterocycles. The molecule has 0 amide bonds. The lowest BCUT2D eigenvalue weighted by atomic mass is 10.2. The highest BCUT2D eigenvalue weighted by atomic mass is 35.5. The molecule has 0 atom stereocenters. The van der Waals surface area contributed by atoms with E-state index in [1.807, 2.05) is 6.92 Å². The standard InChI is InChI=1S/C14H11ClN4O2S/c1-2-11-18-19-14(22-11)16-7-10-13(20)21-12(17-10)8-3-5-9(15)6-4-8/h3-7,20H,2H2,1H3/b16-7+. The molecule has 112 valence electrons. The number of aliphatic imine (C=N–C) groups is 1. The Morgan fingerprint density at radius 2 is 2.09 bits per heavy atom. The fourth-order valence-electron chi connectivity index (χ4n) is 1.68. The van der Waals surface area contributed by atoms with Gasteiger partial charge in [0.25, 0.3) is 0 Å². The van der Waals surface area contributed by atoms with Crippen molar-refractivity contribution in [3.8, 4) is 17.4 Å². The summed E-state index contributed by atoms with van der Waals surface area (Å²) in [6, 6.07) is 6.96. The van der Waals surface area contributed by atoms with E-state index in [0.717, 1.165) is 11.4 Å². The molecule has 0 unspecified atom stereocenters. The molecule has 6 nitrogen and oxygen atoms in total. The Balaban J connectivity index is 1.84. The van der Waals surface area contributed by atoms with Crippen LogP contribution >= 0.6 is 22.9 Å². The van der Waals surface area contributed by atoms with Gasteiger partial charge in [-0.05, 0) is 30.7 Å². The fraction of sp³-hybridized carbons (Fsp3) is 0.143. The Hall–Kier alpha value is -2.25. The summed E-state index contributed by atoms with van der Waals surface area (Å²) in [5, 5.41) is 19.7. The van der Waals surface area contributed by atoms with Crippen LogP contribution in [0.1, 0.15) is 17.6 Å². The van der Waals surface area contributed by atoms with Crippen molar-refractivity contribution in [2.45, 2.75) is 13.3 Å². The minimum absolute atomic E-state index is 0.234. The lowest BCUT2D eigenvalue weighted by molar-refractivity contribution is 0.337. The third kappa shape index (κ3) is 3.15. The number of halogens is 1. The molecule has 0 saturated carbocycles. The van der Waals surface area contributed by atoms with Crippen LogP contribution in [0.3, 0.4) is 0 Å². The molecule has 0 spiro atoms. The summed E-state index contributed by atoms with van der Waals surface area (Å²) in [7, 11) is 0. The van der Waals surface area contributed by atoms with E-state index in [1.165, 1.54) is 17.6 Å². The van der Waals surface area contributed by atoms with Gasteiger partial charge in [-0.3, -0.25) is 0 Å². The van der Waals surface area contributed by atoms with Gasteiger partial charge >= 0.3 is 5.95 Å². The average Bonchev–Trinajstić information content (AvgIpc) is 3.12. The summed E-state index contributed by atoms with van der Waals surface area (Å²) < 4.78 is 5.23. The Kier molecular flexibility index (Phi) is 4.17. The maximum absolute atomic E-state index is 9.80. The molecule has 1 aromatic carbocycles. The minimum atomic E-state index is -0.297. The van der Waals surface area contributed by atoms with E-state index in [1.54, 1.807) is 24.3 Å². The molecule has 0 aliphatic rings. The molecule has 2 heterocycles. The van der Waals surface area contributed by atoms with Crippen LogP contribution in [0.5, 0.6) is 5.95 Å². The molecule has 0 bridgehead atoms. The molecular weight excluding hydrogens is 324 g/mol. The van der Waals surface area contributed by atoms with E-state index in [4.69, 9.17) is 16.0 Å². The lowest BCUT2D eigenvalue weighted by Crippen LogP contribution is -1.82. The van der Waals surface area contributed by atoms with Crippen LogP contribution in [0.15, 0.2) is 33.7 Å². The summed E-state index contributed by atoms with van der Waals surface area (Å²) >= 11 is 7.22. The largest absolute Gasteiger partial charge is 0.479 e. The van der Waals surface area contributed by atoms with E-state index in [-0.39, 0.29) is 11.6 Å². The van der Waals surface area contributed by atoms with Crippen molar-refractivity contribution in [3.05, 3.63) is 40.0 Å². The van der Waals surface area contributed by atoms with Crippen LogP contribution in [0.2, 0.25) is 5.02 Å². The molecule has 0 radical (unpaired) electrons. The monoisotopic (exact) mass is 334 g/mol. The highest BCUT2D eigenvalue weighted by Gasteiger charge is 2.12. The first-order valence-electron chi connectivity index (χ1n) is 6.48. The summed E-state index contributed by atoms with van der Waals surface area (Å²) in [4.78, 5) is 8.34. The average molecular weight is 335 g/mol. The second-order valence-corrected chi connectivity index (χ2v) is 5.78. The number of hydrogen-bond acceptors (Lipinski definition) is 7. The maximum Gasteiger partial charge on any atom is 0.312 e. The van der Waals surface area contributed by atoms with E-state index in [0.29, 0.717) is 21.6 Å². The van der Waals surface area contributed by atoms with Gasteiger partial charge in [0.1, 0.15) is 5.01 Å². The maximum atomic E-state index is 9.80. The fourth-order valence-corrected chi connectivity index (χ4v) is 2.43. The zero-order chi connectivity index (χ0) is 15.5. The number of rotatable bonds is 4. The molecule has 3 rings (SSSR count). The third-order valence-electron chi connectivity index (χ3n) is 2.78. The predicted octanol–water partition coefficient (Wildman–Crippen LogP) is 3.87. The highest BCUT2D eigenvalue weighted by molar-refractivity contribution is 7.14. The number of aryl methyl sites for hydroxylation is 1. The molecule has 22 heavy (non-hydrogen) atoms.